The number of aliphatic hydroxyl groups is 1. The molecule has 0 aliphatic heterocycles. The first-order valence-electron chi connectivity index (χ1n) is 4.72. The molecule has 1 rings (SSSR count). The summed E-state index contributed by atoms with van der Waals surface area (Å²) in [5.41, 5.74) is 0.894. The van der Waals surface area contributed by atoms with Crippen molar-refractivity contribution in [1.82, 2.24) is 0 Å². The van der Waals surface area contributed by atoms with Gasteiger partial charge in [0.2, 0.25) is 0 Å². The molecular formula is C12H14O3. The first-order valence-corrected chi connectivity index (χ1v) is 4.72. The summed E-state index contributed by atoms with van der Waals surface area (Å²) in [4.78, 5) is 10.9. The first-order chi connectivity index (χ1) is 7.15. The van der Waals surface area contributed by atoms with E-state index in [1.807, 2.05) is 30.3 Å². The third-order valence-corrected chi connectivity index (χ3v) is 2.27. The van der Waals surface area contributed by atoms with Gasteiger partial charge < -0.3 is 10.2 Å². The maximum atomic E-state index is 10.9. The lowest BCUT2D eigenvalue weighted by molar-refractivity contribution is -0.144. The minimum absolute atomic E-state index is 0.309. The maximum absolute atomic E-state index is 10.9. The van der Waals surface area contributed by atoms with Crippen molar-refractivity contribution in [3.05, 3.63) is 48.6 Å². The van der Waals surface area contributed by atoms with E-state index in [0.717, 1.165) is 5.56 Å². The van der Waals surface area contributed by atoms with Crippen LogP contribution in [0, 0.1) is 5.92 Å². The van der Waals surface area contributed by atoms with Crippen LogP contribution in [0.2, 0.25) is 0 Å². The average Bonchev–Trinajstić information content (AvgIpc) is 2.26. The zero-order valence-electron chi connectivity index (χ0n) is 8.34. The summed E-state index contributed by atoms with van der Waals surface area (Å²) in [5.74, 6) is -1.84. The van der Waals surface area contributed by atoms with E-state index in [4.69, 9.17) is 5.11 Å². The van der Waals surface area contributed by atoms with Gasteiger partial charge in [0.25, 0.3) is 0 Å². The third-order valence-electron chi connectivity index (χ3n) is 2.27. The van der Waals surface area contributed by atoms with Gasteiger partial charge in [-0.25, -0.2) is 0 Å². The molecule has 1 aromatic rings. The molecule has 3 nitrogen and oxygen atoms in total. The normalized spacial score (nSPS) is 14.2. The summed E-state index contributed by atoms with van der Waals surface area (Å²) < 4.78 is 0. The van der Waals surface area contributed by atoms with Crippen LogP contribution >= 0.6 is 0 Å². The molecule has 0 unspecified atom stereocenters. The molecule has 0 aliphatic rings. The van der Waals surface area contributed by atoms with Crippen LogP contribution in [0.5, 0.6) is 0 Å². The second-order valence-electron chi connectivity index (χ2n) is 3.36. The average molecular weight is 206 g/mol. The van der Waals surface area contributed by atoms with Crippen LogP contribution in [0.15, 0.2) is 43.0 Å². The molecule has 0 saturated heterocycles. The Morgan fingerprint density at radius 1 is 1.40 bits per heavy atom. The van der Waals surface area contributed by atoms with Crippen molar-refractivity contribution in [2.24, 2.45) is 5.92 Å². The van der Waals surface area contributed by atoms with Crippen molar-refractivity contribution >= 4 is 5.97 Å². The number of carboxylic acid groups (broad SMARTS) is 1. The second-order valence-corrected chi connectivity index (χ2v) is 3.36. The Morgan fingerprint density at radius 3 is 2.47 bits per heavy atom. The Morgan fingerprint density at radius 2 is 2.00 bits per heavy atom. The van der Waals surface area contributed by atoms with Gasteiger partial charge >= 0.3 is 5.97 Å². The molecule has 0 bridgehead atoms. The van der Waals surface area contributed by atoms with Gasteiger partial charge in [-0.3, -0.25) is 4.79 Å². The summed E-state index contributed by atoms with van der Waals surface area (Å²) in [6.07, 6.45) is 0.549. The molecule has 0 aliphatic carbocycles. The minimum atomic E-state index is -1.01. The van der Waals surface area contributed by atoms with Gasteiger partial charge in [-0.05, 0) is 12.0 Å². The molecule has 0 amide bonds. The topological polar surface area (TPSA) is 57.5 Å². The lowest BCUT2D eigenvalue weighted by Gasteiger charge is -2.15. The van der Waals surface area contributed by atoms with Gasteiger partial charge in [0.15, 0.2) is 0 Å². The van der Waals surface area contributed by atoms with Gasteiger partial charge in [-0.2, -0.15) is 0 Å². The van der Waals surface area contributed by atoms with Crippen LogP contribution in [0.4, 0.5) is 0 Å². The van der Waals surface area contributed by atoms with Crippen molar-refractivity contribution in [3.8, 4) is 0 Å². The standard InChI is InChI=1S/C12H14O3/c1-2-11(13)10(12(14)15)8-9-6-4-3-5-7-9/h2-7,10-11,13H,1,8H2,(H,14,15)/t10-,11+/m1/s1. The summed E-state index contributed by atoms with van der Waals surface area (Å²) in [7, 11) is 0. The Labute approximate surface area is 88.7 Å². The minimum Gasteiger partial charge on any atom is -0.481 e. The fourth-order valence-electron chi connectivity index (χ4n) is 1.39. The van der Waals surface area contributed by atoms with Crippen molar-refractivity contribution in [2.45, 2.75) is 12.5 Å². The van der Waals surface area contributed by atoms with Gasteiger partial charge in [-0.1, -0.05) is 36.4 Å². The Bertz CT molecular complexity index is 332. The lowest BCUT2D eigenvalue weighted by atomic mass is 9.94. The molecule has 0 spiro atoms. The van der Waals surface area contributed by atoms with E-state index < -0.39 is 18.0 Å². The molecule has 1 aromatic carbocycles. The predicted molar refractivity (Wildman–Crippen MR) is 57.5 cm³/mol. The van der Waals surface area contributed by atoms with E-state index in [1.54, 1.807) is 0 Å². The predicted octanol–water partition coefficient (Wildman–Crippen LogP) is 1.48. The number of hydrogen-bond donors (Lipinski definition) is 2. The van der Waals surface area contributed by atoms with Crippen LogP contribution in [-0.2, 0) is 11.2 Å². The van der Waals surface area contributed by atoms with Crippen LogP contribution < -0.4 is 0 Å². The van der Waals surface area contributed by atoms with Crippen LogP contribution in [0.1, 0.15) is 5.56 Å². The quantitative estimate of drug-likeness (QED) is 0.717. The number of carboxylic acids is 1. The highest BCUT2D eigenvalue weighted by atomic mass is 16.4. The Kier molecular flexibility index (Phi) is 4.06. The third kappa shape index (κ3) is 3.22. The summed E-state index contributed by atoms with van der Waals surface area (Å²) in [5, 5.41) is 18.4. The number of hydrogen-bond acceptors (Lipinski definition) is 2. The number of aliphatic carboxylic acids is 1. The monoisotopic (exact) mass is 206 g/mol. The second kappa shape index (κ2) is 5.32. The van der Waals surface area contributed by atoms with Crippen LogP contribution in [0.3, 0.4) is 0 Å². The van der Waals surface area contributed by atoms with Gasteiger partial charge in [0, 0.05) is 0 Å². The maximum Gasteiger partial charge on any atom is 0.309 e. The molecule has 2 atom stereocenters. The van der Waals surface area contributed by atoms with E-state index in [1.165, 1.54) is 6.08 Å². The molecule has 15 heavy (non-hydrogen) atoms. The van der Waals surface area contributed by atoms with E-state index in [0.29, 0.717) is 6.42 Å². The molecular weight excluding hydrogens is 192 g/mol. The Balaban J connectivity index is 2.76. The highest BCUT2D eigenvalue weighted by Crippen LogP contribution is 2.13. The van der Waals surface area contributed by atoms with Crippen molar-refractivity contribution < 1.29 is 15.0 Å². The number of benzene rings is 1. The van der Waals surface area contributed by atoms with Gasteiger partial charge in [-0.15, -0.1) is 6.58 Å². The molecule has 80 valence electrons. The molecule has 0 saturated carbocycles. The van der Waals surface area contributed by atoms with Crippen molar-refractivity contribution in [1.29, 1.82) is 0 Å². The van der Waals surface area contributed by atoms with Gasteiger partial charge in [0.1, 0.15) is 0 Å². The van der Waals surface area contributed by atoms with Gasteiger partial charge in [0.05, 0.1) is 12.0 Å². The highest BCUT2D eigenvalue weighted by Gasteiger charge is 2.24. The van der Waals surface area contributed by atoms with Crippen molar-refractivity contribution in [2.75, 3.05) is 0 Å². The summed E-state index contributed by atoms with van der Waals surface area (Å²) >= 11 is 0. The number of carbonyl (C=O) groups is 1. The summed E-state index contributed by atoms with van der Waals surface area (Å²) in [6.45, 7) is 3.39. The first kappa shape index (κ1) is 11.5. The molecule has 0 heterocycles. The zero-order chi connectivity index (χ0) is 11.3. The fraction of sp³-hybridized carbons (Fsp3) is 0.250. The van der Waals surface area contributed by atoms with Crippen LogP contribution in [-0.4, -0.2) is 22.3 Å². The van der Waals surface area contributed by atoms with E-state index in [2.05, 4.69) is 6.58 Å². The highest BCUT2D eigenvalue weighted by molar-refractivity contribution is 5.71. The van der Waals surface area contributed by atoms with Crippen LogP contribution in [0.25, 0.3) is 0 Å². The zero-order valence-corrected chi connectivity index (χ0v) is 8.34. The fourth-order valence-corrected chi connectivity index (χ4v) is 1.39. The smallest absolute Gasteiger partial charge is 0.309 e. The molecule has 0 aromatic heterocycles. The SMILES string of the molecule is C=C[C@H](O)[C@@H](Cc1ccccc1)C(=O)O. The largest absolute Gasteiger partial charge is 0.481 e. The van der Waals surface area contributed by atoms with E-state index in [-0.39, 0.29) is 0 Å². The lowest BCUT2D eigenvalue weighted by Crippen LogP contribution is -2.28. The number of aliphatic hydroxyl groups excluding tert-OH is 1. The van der Waals surface area contributed by atoms with E-state index in [9.17, 15) is 9.90 Å². The molecule has 0 radical (unpaired) electrons. The molecule has 0 fully saturated rings. The Hall–Kier alpha value is -1.61. The number of rotatable bonds is 5. The molecule has 3 heteroatoms. The van der Waals surface area contributed by atoms with Crippen molar-refractivity contribution in [3.63, 3.8) is 0 Å². The summed E-state index contributed by atoms with van der Waals surface area (Å²) in [6, 6.07) is 9.23. The van der Waals surface area contributed by atoms with E-state index >= 15 is 0 Å². The molecule has 2 N–H and O–H groups in total.